The molecule has 41 heavy (non-hydrogen) atoms. The van der Waals surface area contributed by atoms with E-state index in [1.165, 1.54) is 14.7 Å². The van der Waals surface area contributed by atoms with Gasteiger partial charge in [0.2, 0.25) is 0 Å². The first-order valence-electron chi connectivity index (χ1n) is 13.8. The van der Waals surface area contributed by atoms with Crippen molar-refractivity contribution >= 4 is 29.4 Å². The highest BCUT2D eigenvalue weighted by atomic mass is 19.1. The molecule has 212 valence electrons. The van der Waals surface area contributed by atoms with Gasteiger partial charge in [-0.1, -0.05) is 36.4 Å². The third kappa shape index (κ3) is 4.77. The predicted octanol–water partition coefficient (Wildman–Crippen LogP) is 5.78. The van der Waals surface area contributed by atoms with E-state index in [0.29, 0.717) is 43.6 Å². The summed E-state index contributed by atoms with van der Waals surface area (Å²) in [6, 6.07) is 17.3. The van der Waals surface area contributed by atoms with Gasteiger partial charge in [0, 0.05) is 18.7 Å². The molecule has 10 heteroatoms. The molecule has 3 heterocycles. The monoisotopic (exact) mass is 560 g/mol. The molecule has 3 aromatic carbocycles. The third-order valence-corrected chi connectivity index (χ3v) is 8.41. The Morgan fingerprint density at radius 1 is 0.829 bits per heavy atom. The predicted molar refractivity (Wildman–Crippen MR) is 148 cm³/mol. The van der Waals surface area contributed by atoms with Crippen LogP contribution in [0.1, 0.15) is 37.3 Å². The maximum Gasteiger partial charge on any atom is 0.329 e. The Balaban J connectivity index is 1.31. The summed E-state index contributed by atoms with van der Waals surface area (Å²) in [7, 11) is 0. The normalized spacial score (nSPS) is 23.5. The number of carboxylic acid groups (broad SMARTS) is 1. The van der Waals surface area contributed by atoms with E-state index >= 15 is 0 Å². The van der Waals surface area contributed by atoms with Crippen molar-refractivity contribution in [2.75, 3.05) is 18.0 Å². The van der Waals surface area contributed by atoms with Crippen molar-refractivity contribution in [2.24, 2.45) is 0 Å². The van der Waals surface area contributed by atoms with Gasteiger partial charge in [0.05, 0.1) is 29.5 Å². The number of piperazine rings is 1. The molecule has 0 aliphatic carbocycles. The van der Waals surface area contributed by atoms with Gasteiger partial charge in [0.25, 0.3) is 0 Å². The van der Waals surface area contributed by atoms with Crippen LogP contribution in [0, 0.1) is 11.6 Å². The van der Waals surface area contributed by atoms with Crippen LogP contribution in [-0.4, -0.2) is 69.1 Å². The number of benzene rings is 3. The van der Waals surface area contributed by atoms with Crippen LogP contribution in [0.3, 0.4) is 0 Å². The van der Waals surface area contributed by atoms with Crippen LogP contribution < -0.4 is 4.90 Å². The minimum Gasteiger partial charge on any atom is -0.480 e. The minimum atomic E-state index is -1.27. The summed E-state index contributed by atoms with van der Waals surface area (Å²) >= 11 is 0. The standard InChI is InChI=1S/C31H30F2N4O4/c32-20-13-15-25(33)24(18-20)26-12-7-17-34(26)30(40)37-23-14-16-27(37)28(29(38)39)35(19-23)31(41)36(21-8-3-1-4-9-21)22-10-5-2-6-11-22/h1-6,8-11,13,15,18,23,26-28H,7,12,14,16-17,19H2,(H,38,39)/t23-,26?,27+,28-/m0/s1. The minimum absolute atomic E-state index is 0.0427. The molecule has 6 rings (SSSR count). The number of nitrogens with zero attached hydrogens (tertiary/aromatic N) is 4. The number of carbonyl (C=O) groups is 3. The first-order valence-corrected chi connectivity index (χ1v) is 13.8. The maximum absolute atomic E-state index is 14.7. The lowest BCUT2D eigenvalue weighted by Crippen LogP contribution is -2.67. The lowest BCUT2D eigenvalue weighted by Gasteiger charge is -2.47. The number of urea groups is 2. The van der Waals surface area contributed by atoms with E-state index in [2.05, 4.69) is 0 Å². The Kier molecular flexibility index (Phi) is 7.07. The van der Waals surface area contributed by atoms with Gasteiger partial charge >= 0.3 is 18.0 Å². The second-order valence-corrected chi connectivity index (χ2v) is 10.7. The first kappa shape index (κ1) is 26.7. The highest BCUT2D eigenvalue weighted by Gasteiger charge is 2.55. The molecule has 0 spiro atoms. The molecular formula is C31H30F2N4O4. The van der Waals surface area contributed by atoms with Gasteiger partial charge in [-0.2, -0.15) is 0 Å². The molecule has 4 amide bonds. The third-order valence-electron chi connectivity index (χ3n) is 8.41. The van der Waals surface area contributed by atoms with E-state index in [1.54, 1.807) is 53.4 Å². The average Bonchev–Trinajstić information content (AvgIpc) is 3.58. The number of halogens is 2. The van der Waals surface area contributed by atoms with E-state index < -0.39 is 53.8 Å². The van der Waals surface area contributed by atoms with Crippen LogP contribution in [-0.2, 0) is 4.79 Å². The molecule has 1 unspecified atom stereocenters. The summed E-state index contributed by atoms with van der Waals surface area (Å²) in [4.78, 5) is 46.9. The van der Waals surface area contributed by atoms with Crippen molar-refractivity contribution in [3.8, 4) is 0 Å². The maximum atomic E-state index is 14.7. The molecule has 3 aliphatic rings. The lowest BCUT2D eigenvalue weighted by molar-refractivity contribution is -0.145. The van der Waals surface area contributed by atoms with Crippen LogP contribution in [0.25, 0.3) is 0 Å². The number of aliphatic carboxylic acids is 1. The van der Waals surface area contributed by atoms with Crippen LogP contribution in [0.2, 0.25) is 0 Å². The lowest BCUT2D eigenvalue weighted by atomic mass is 10.0. The summed E-state index contributed by atoms with van der Waals surface area (Å²) < 4.78 is 28.7. The van der Waals surface area contributed by atoms with Crippen LogP contribution >= 0.6 is 0 Å². The Morgan fingerprint density at radius 2 is 1.49 bits per heavy atom. The van der Waals surface area contributed by atoms with E-state index in [-0.39, 0.29) is 12.1 Å². The first-order chi connectivity index (χ1) is 19.8. The topological polar surface area (TPSA) is 84.4 Å². The summed E-state index contributed by atoms with van der Waals surface area (Å²) in [5.74, 6) is -2.36. The van der Waals surface area contributed by atoms with Gasteiger partial charge in [0.1, 0.15) is 11.6 Å². The zero-order valence-electron chi connectivity index (χ0n) is 22.3. The molecule has 4 atom stereocenters. The summed E-state index contributed by atoms with van der Waals surface area (Å²) in [5, 5.41) is 10.4. The number of amides is 4. The smallest absolute Gasteiger partial charge is 0.329 e. The Labute approximate surface area is 236 Å². The summed E-state index contributed by atoms with van der Waals surface area (Å²) in [5.41, 5.74) is 1.31. The largest absolute Gasteiger partial charge is 0.480 e. The van der Waals surface area contributed by atoms with Gasteiger partial charge in [-0.25, -0.2) is 23.2 Å². The fourth-order valence-corrected chi connectivity index (χ4v) is 6.63. The fraction of sp³-hybridized carbons (Fsp3) is 0.323. The average molecular weight is 561 g/mol. The molecule has 3 aliphatic heterocycles. The van der Waals surface area contributed by atoms with Crippen molar-refractivity contribution < 1.29 is 28.3 Å². The van der Waals surface area contributed by atoms with Gasteiger partial charge in [0.15, 0.2) is 6.04 Å². The van der Waals surface area contributed by atoms with E-state index in [4.69, 9.17) is 0 Å². The number of anilines is 2. The van der Waals surface area contributed by atoms with Crippen LogP contribution in [0.4, 0.5) is 29.7 Å². The van der Waals surface area contributed by atoms with Gasteiger partial charge in [-0.05, 0) is 68.1 Å². The number of carboxylic acids is 1. The molecule has 8 nitrogen and oxygen atoms in total. The van der Waals surface area contributed by atoms with Crippen molar-refractivity contribution in [1.29, 1.82) is 0 Å². The summed E-state index contributed by atoms with van der Waals surface area (Å²) in [6.45, 7) is 0.395. The van der Waals surface area contributed by atoms with Gasteiger partial charge in [-0.15, -0.1) is 0 Å². The van der Waals surface area contributed by atoms with E-state index in [1.807, 2.05) is 12.1 Å². The molecule has 0 saturated carbocycles. The van der Waals surface area contributed by atoms with Crippen molar-refractivity contribution in [2.45, 2.75) is 49.9 Å². The molecule has 3 saturated heterocycles. The van der Waals surface area contributed by atoms with Crippen LogP contribution in [0.5, 0.6) is 0 Å². The Bertz CT molecular complexity index is 1420. The molecular weight excluding hydrogens is 530 g/mol. The number of hydrogen-bond donors (Lipinski definition) is 1. The summed E-state index contributed by atoms with van der Waals surface area (Å²) in [6.07, 6.45) is 2.05. The fourth-order valence-electron chi connectivity index (χ4n) is 6.63. The van der Waals surface area contributed by atoms with Gasteiger partial charge < -0.3 is 19.8 Å². The Morgan fingerprint density at radius 3 is 2.12 bits per heavy atom. The number of hydrogen-bond acceptors (Lipinski definition) is 3. The second-order valence-electron chi connectivity index (χ2n) is 10.7. The molecule has 3 fully saturated rings. The highest BCUT2D eigenvalue weighted by Crippen LogP contribution is 2.41. The highest BCUT2D eigenvalue weighted by molar-refractivity contribution is 6.01. The number of fused-ring (bicyclic) bond motifs is 2. The second kappa shape index (κ2) is 10.8. The Hall–Kier alpha value is -4.47. The molecule has 0 radical (unpaired) electrons. The quantitative estimate of drug-likeness (QED) is 0.438. The van der Waals surface area contributed by atoms with E-state index in [9.17, 15) is 28.3 Å². The zero-order chi connectivity index (χ0) is 28.7. The van der Waals surface area contributed by atoms with Crippen LogP contribution in [0.15, 0.2) is 78.9 Å². The van der Waals surface area contributed by atoms with Crippen molar-refractivity contribution in [3.05, 3.63) is 96.1 Å². The number of likely N-dealkylation sites (tertiary alicyclic amines) is 2. The number of rotatable bonds is 4. The number of para-hydroxylation sites is 2. The number of carbonyl (C=O) groups excluding carboxylic acids is 2. The van der Waals surface area contributed by atoms with Gasteiger partial charge in [-0.3, -0.25) is 4.90 Å². The van der Waals surface area contributed by atoms with Crippen molar-refractivity contribution in [1.82, 2.24) is 14.7 Å². The molecule has 0 aromatic heterocycles. The van der Waals surface area contributed by atoms with Crippen molar-refractivity contribution in [3.63, 3.8) is 0 Å². The zero-order valence-corrected chi connectivity index (χ0v) is 22.3. The molecule has 3 aromatic rings. The van der Waals surface area contributed by atoms with E-state index in [0.717, 1.165) is 18.2 Å². The SMILES string of the molecule is O=C(O)[C@@H]1[C@H]2CC[C@@H](CN1C(=O)N(c1ccccc1)c1ccccc1)N2C(=O)N1CCCC1c1cc(F)ccc1F. The molecule has 1 N–H and O–H groups in total. The molecule has 2 bridgehead atoms.